The molecule has 0 saturated heterocycles. The van der Waals surface area contributed by atoms with Gasteiger partial charge in [0.1, 0.15) is 0 Å². The molecule has 1 aromatic heterocycles. The van der Waals surface area contributed by atoms with Crippen LogP contribution in [0.5, 0.6) is 11.5 Å². The molecule has 3 aromatic rings. The summed E-state index contributed by atoms with van der Waals surface area (Å²) in [5.41, 5.74) is 1.42. The van der Waals surface area contributed by atoms with Crippen molar-refractivity contribution in [1.29, 1.82) is 0 Å². The number of aryl methyl sites for hydroxylation is 1. The van der Waals surface area contributed by atoms with E-state index in [1.165, 1.54) is 0 Å². The summed E-state index contributed by atoms with van der Waals surface area (Å²) in [6.07, 6.45) is 2.40. The summed E-state index contributed by atoms with van der Waals surface area (Å²) < 4.78 is 17.4. The molecule has 0 aliphatic carbocycles. The summed E-state index contributed by atoms with van der Waals surface area (Å²) in [5.74, 6) is 0.537. The fourth-order valence-corrected chi connectivity index (χ4v) is 4.06. The fourth-order valence-electron chi connectivity index (χ4n) is 3.05. The van der Waals surface area contributed by atoms with Crippen LogP contribution in [0.4, 0.5) is 0 Å². The molecule has 0 unspecified atom stereocenters. The molecule has 2 heterocycles. The number of aromatic nitrogens is 1. The van der Waals surface area contributed by atoms with Gasteiger partial charge in [-0.25, -0.2) is 4.98 Å². The highest BCUT2D eigenvalue weighted by atomic mass is 32.1. The maximum atomic E-state index is 12.3. The van der Waals surface area contributed by atoms with E-state index < -0.39 is 0 Å². The van der Waals surface area contributed by atoms with E-state index in [4.69, 9.17) is 14.2 Å². The summed E-state index contributed by atoms with van der Waals surface area (Å²) in [6.45, 7) is 0.864. The first-order valence-corrected chi connectivity index (χ1v) is 10.4. The highest BCUT2D eigenvalue weighted by Gasteiger charge is 2.15. The number of carbonyl (C=O) groups is 2. The van der Waals surface area contributed by atoms with Crippen LogP contribution in [0, 0.1) is 0 Å². The van der Waals surface area contributed by atoms with Crippen LogP contribution in [0.15, 0.2) is 42.5 Å². The largest absolute Gasteiger partial charge is 0.490 e. The zero-order valence-electron chi connectivity index (χ0n) is 15.9. The molecule has 4 rings (SSSR count). The molecule has 0 bridgehead atoms. The van der Waals surface area contributed by atoms with E-state index in [2.05, 4.69) is 4.98 Å². The predicted molar refractivity (Wildman–Crippen MR) is 110 cm³/mol. The summed E-state index contributed by atoms with van der Waals surface area (Å²) in [5, 5.41) is 1.00. The lowest BCUT2D eigenvalue weighted by Gasteiger charge is -2.09. The highest BCUT2D eigenvalue weighted by Crippen LogP contribution is 2.30. The Balaban J connectivity index is 1.24. The van der Waals surface area contributed by atoms with Gasteiger partial charge in [-0.1, -0.05) is 12.1 Å². The predicted octanol–water partition coefficient (Wildman–Crippen LogP) is 4.21. The molecule has 6 nitrogen and oxygen atoms in total. The maximum absolute atomic E-state index is 12.3. The number of hydrogen-bond donors (Lipinski definition) is 0. The molecule has 2 aromatic carbocycles. The molecule has 1 aliphatic rings. The van der Waals surface area contributed by atoms with Gasteiger partial charge >= 0.3 is 5.97 Å². The van der Waals surface area contributed by atoms with Crippen molar-refractivity contribution < 1.29 is 23.8 Å². The second-order valence-electron chi connectivity index (χ2n) is 6.72. The minimum atomic E-state index is -0.381. The third-order valence-corrected chi connectivity index (χ3v) is 5.64. The second-order valence-corrected chi connectivity index (χ2v) is 7.84. The monoisotopic (exact) mass is 411 g/mol. The Morgan fingerprint density at radius 2 is 1.90 bits per heavy atom. The molecule has 0 fully saturated rings. The summed E-state index contributed by atoms with van der Waals surface area (Å²) in [7, 11) is 0. The smallest absolute Gasteiger partial charge is 0.306 e. The third kappa shape index (κ3) is 4.92. The Morgan fingerprint density at radius 1 is 1.07 bits per heavy atom. The molecule has 1 aliphatic heterocycles. The van der Waals surface area contributed by atoms with Gasteiger partial charge in [0, 0.05) is 18.4 Å². The number of benzene rings is 2. The first-order chi connectivity index (χ1) is 14.2. The molecule has 0 saturated carbocycles. The Kier molecular flexibility index (Phi) is 6.05. The fraction of sp³-hybridized carbons (Fsp3) is 0.318. The van der Waals surface area contributed by atoms with Crippen LogP contribution in [0.25, 0.3) is 10.2 Å². The number of para-hydroxylation sites is 1. The minimum Gasteiger partial charge on any atom is -0.490 e. The number of ketones is 1. The highest BCUT2D eigenvalue weighted by molar-refractivity contribution is 7.18. The van der Waals surface area contributed by atoms with Crippen LogP contribution in [-0.4, -0.2) is 36.6 Å². The number of thiazole rings is 1. The first-order valence-electron chi connectivity index (χ1n) is 9.62. The molecule has 150 valence electrons. The normalized spacial score (nSPS) is 13.1. The van der Waals surface area contributed by atoms with E-state index in [0.29, 0.717) is 43.1 Å². The van der Waals surface area contributed by atoms with E-state index in [0.717, 1.165) is 21.6 Å². The van der Waals surface area contributed by atoms with Crippen molar-refractivity contribution in [2.75, 3.05) is 19.8 Å². The van der Waals surface area contributed by atoms with Gasteiger partial charge in [-0.05, 0) is 43.2 Å². The van der Waals surface area contributed by atoms with E-state index >= 15 is 0 Å². The molecule has 7 heteroatoms. The first kappa shape index (κ1) is 19.4. The summed E-state index contributed by atoms with van der Waals surface area (Å²) >= 11 is 1.64. The number of esters is 1. The van der Waals surface area contributed by atoms with Gasteiger partial charge in [0.05, 0.1) is 28.4 Å². The number of hydrogen-bond acceptors (Lipinski definition) is 7. The minimum absolute atomic E-state index is 0.254. The molecule has 0 spiro atoms. The summed E-state index contributed by atoms with van der Waals surface area (Å²) in [6, 6.07) is 13.0. The Morgan fingerprint density at radius 3 is 2.76 bits per heavy atom. The van der Waals surface area contributed by atoms with Crippen LogP contribution in [0.3, 0.4) is 0 Å². The topological polar surface area (TPSA) is 74.7 Å². The number of rotatable bonds is 7. The average Bonchev–Trinajstić information content (AvgIpc) is 3.00. The van der Waals surface area contributed by atoms with Crippen molar-refractivity contribution in [3.05, 3.63) is 53.0 Å². The lowest BCUT2D eigenvalue weighted by Crippen LogP contribution is -2.14. The van der Waals surface area contributed by atoms with Gasteiger partial charge in [0.15, 0.2) is 23.9 Å². The lowest BCUT2D eigenvalue weighted by molar-refractivity contribution is -0.142. The Labute approximate surface area is 172 Å². The molecule has 0 amide bonds. The van der Waals surface area contributed by atoms with Crippen molar-refractivity contribution in [2.24, 2.45) is 0 Å². The standard InChI is InChI=1S/C22H21NO5S/c24-17(15-9-10-18-19(13-15)27-12-4-11-26-18)14-28-22(25)8-3-7-21-23-16-5-1-2-6-20(16)29-21/h1-2,5-6,9-10,13H,3-4,7-8,11-12,14H2. The number of ether oxygens (including phenoxy) is 3. The van der Waals surface area contributed by atoms with Crippen molar-refractivity contribution in [3.63, 3.8) is 0 Å². The molecule has 0 atom stereocenters. The molecule has 0 N–H and O–H groups in total. The maximum Gasteiger partial charge on any atom is 0.306 e. The zero-order chi connectivity index (χ0) is 20.1. The van der Waals surface area contributed by atoms with Crippen LogP contribution >= 0.6 is 11.3 Å². The molecule has 0 radical (unpaired) electrons. The lowest BCUT2D eigenvalue weighted by atomic mass is 10.1. The van der Waals surface area contributed by atoms with Gasteiger partial charge in [-0.2, -0.15) is 0 Å². The quantitative estimate of drug-likeness (QED) is 0.428. The number of fused-ring (bicyclic) bond motifs is 2. The van der Waals surface area contributed by atoms with Crippen LogP contribution < -0.4 is 9.47 Å². The van der Waals surface area contributed by atoms with Crippen LogP contribution in [-0.2, 0) is 16.0 Å². The van der Waals surface area contributed by atoms with Gasteiger partial charge in [-0.3, -0.25) is 9.59 Å². The number of nitrogens with zero attached hydrogens (tertiary/aromatic N) is 1. The van der Waals surface area contributed by atoms with Gasteiger partial charge in [-0.15, -0.1) is 11.3 Å². The Bertz CT molecular complexity index is 996. The SMILES string of the molecule is O=C(CCCc1nc2ccccc2s1)OCC(=O)c1ccc2c(c1)OCCCO2. The van der Waals surface area contributed by atoms with Gasteiger partial charge < -0.3 is 14.2 Å². The van der Waals surface area contributed by atoms with Crippen molar-refractivity contribution in [2.45, 2.75) is 25.7 Å². The number of Topliss-reactive ketones (excluding diaryl/α,β-unsaturated/α-hetero) is 1. The van der Waals surface area contributed by atoms with Gasteiger partial charge in [0.25, 0.3) is 0 Å². The average molecular weight is 411 g/mol. The van der Waals surface area contributed by atoms with Crippen LogP contribution in [0.2, 0.25) is 0 Å². The van der Waals surface area contributed by atoms with E-state index in [-0.39, 0.29) is 24.8 Å². The number of carbonyl (C=O) groups excluding carboxylic acids is 2. The molecular weight excluding hydrogens is 390 g/mol. The zero-order valence-corrected chi connectivity index (χ0v) is 16.7. The van der Waals surface area contributed by atoms with Crippen molar-refractivity contribution >= 4 is 33.3 Å². The van der Waals surface area contributed by atoms with E-state index in [1.54, 1.807) is 29.5 Å². The van der Waals surface area contributed by atoms with Crippen LogP contribution in [0.1, 0.15) is 34.6 Å². The van der Waals surface area contributed by atoms with E-state index in [1.807, 2.05) is 24.3 Å². The van der Waals surface area contributed by atoms with Crippen molar-refractivity contribution in [3.8, 4) is 11.5 Å². The Hall–Kier alpha value is -2.93. The summed E-state index contributed by atoms with van der Waals surface area (Å²) in [4.78, 5) is 28.9. The molecular formula is C22H21NO5S. The van der Waals surface area contributed by atoms with Crippen molar-refractivity contribution in [1.82, 2.24) is 4.98 Å². The third-order valence-electron chi connectivity index (χ3n) is 4.54. The van der Waals surface area contributed by atoms with E-state index in [9.17, 15) is 9.59 Å². The second kappa shape index (κ2) is 9.05. The molecule has 29 heavy (non-hydrogen) atoms. The van der Waals surface area contributed by atoms with Gasteiger partial charge in [0.2, 0.25) is 0 Å².